The van der Waals surface area contributed by atoms with Crippen molar-refractivity contribution in [1.29, 1.82) is 0 Å². The van der Waals surface area contributed by atoms with Gasteiger partial charge in [-0.15, -0.1) is 0 Å². The van der Waals surface area contributed by atoms with Crippen LogP contribution < -0.4 is 16.0 Å². The summed E-state index contributed by atoms with van der Waals surface area (Å²) in [5.41, 5.74) is 1.47. The summed E-state index contributed by atoms with van der Waals surface area (Å²) in [5.74, 6) is -0.199. The molecule has 3 N–H and O–H groups in total. The first-order valence-corrected chi connectivity index (χ1v) is 14.3. The van der Waals surface area contributed by atoms with Crippen molar-refractivity contribution >= 4 is 34.1 Å². The highest BCUT2D eigenvalue weighted by Gasteiger charge is 2.41. The van der Waals surface area contributed by atoms with Gasteiger partial charge in [0, 0.05) is 12.1 Å². The third-order valence-electron chi connectivity index (χ3n) is 7.63. The Balaban J connectivity index is 1.37. The number of carbonyl (C=O) groups excluding carboxylic acids is 3. The number of carbonyl (C=O) groups is 3. The minimum absolute atomic E-state index is 0.0735. The summed E-state index contributed by atoms with van der Waals surface area (Å²) in [6, 6.07) is 7.92. The first kappa shape index (κ1) is 27.0. The number of hydrogen-bond acceptors (Lipinski definition) is 8. The normalized spacial score (nSPS) is 19.1. The molecule has 1 aliphatic carbocycles. The molecular formula is C28H34N6O4S. The number of likely N-dealkylation sites (tertiary alicyclic amines) is 1. The van der Waals surface area contributed by atoms with Crippen molar-refractivity contribution in [2.24, 2.45) is 5.92 Å². The van der Waals surface area contributed by atoms with Gasteiger partial charge in [-0.05, 0) is 45.6 Å². The summed E-state index contributed by atoms with van der Waals surface area (Å²) >= 11 is 1.28. The molecule has 1 aliphatic heterocycles. The molecule has 5 rings (SSSR count). The minimum atomic E-state index is -0.635. The van der Waals surface area contributed by atoms with Crippen molar-refractivity contribution in [1.82, 2.24) is 25.5 Å². The Morgan fingerprint density at radius 3 is 2.56 bits per heavy atom. The third-order valence-corrected chi connectivity index (χ3v) is 8.59. The van der Waals surface area contributed by atoms with Gasteiger partial charge >= 0.3 is 0 Å². The van der Waals surface area contributed by atoms with Gasteiger partial charge in [0.25, 0.3) is 5.89 Å². The van der Waals surface area contributed by atoms with E-state index in [1.807, 2.05) is 30.3 Å². The molecule has 10 nitrogen and oxygen atoms in total. The van der Waals surface area contributed by atoms with E-state index in [9.17, 15) is 14.4 Å². The number of thiazole rings is 1. The number of rotatable bonds is 9. The predicted molar refractivity (Wildman–Crippen MR) is 149 cm³/mol. The lowest BCUT2D eigenvalue weighted by molar-refractivity contribution is -0.141. The fourth-order valence-corrected chi connectivity index (χ4v) is 6.31. The quantitative estimate of drug-likeness (QED) is 0.371. The van der Waals surface area contributed by atoms with Gasteiger partial charge in [0.15, 0.2) is 5.01 Å². The highest BCUT2D eigenvalue weighted by atomic mass is 32.1. The van der Waals surface area contributed by atoms with Crippen molar-refractivity contribution in [2.45, 2.75) is 63.6 Å². The first-order chi connectivity index (χ1) is 19.0. The molecule has 0 radical (unpaired) electrons. The van der Waals surface area contributed by atoms with Crippen molar-refractivity contribution in [3.05, 3.63) is 42.8 Å². The first-order valence-electron chi connectivity index (χ1n) is 13.5. The van der Waals surface area contributed by atoms with Crippen LogP contribution in [0.3, 0.4) is 0 Å². The summed E-state index contributed by atoms with van der Waals surface area (Å²) in [6.45, 7) is 2.25. The number of oxazole rings is 1. The Morgan fingerprint density at radius 1 is 1.10 bits per heavy atom. The van der Waals surface area contributed by atoms with E-state index in [2.05, 4.69) is 20.9 Å². The van der Waals surface area contributed by atoms with Crippen molar-refractivity contribution in [3.8, 4) is 22.2 Å². The molecule has 0 unspecified atom stereocenters. The maximum Gasteiger partial charge on any atom is 0.255 e. The van der Waals surface area contributed by atoms with E-state index < -0.39 is 18.1 Å². The van der Waals surface area contributed by atoms with Gasteiger partial charge in [0.2, 0.25) is 17.7 Å². The highest BCUT2D eigenvalue weighted by molar-refractivity contribution is 7.19. The minimum Gasteiger partial charge on any atom is -0.443 e. The van der Waals surface area contributed by atoms with Crippen molar-refractivity contribution < 1.29 is 18.8 Å². The molecule has 0 spiro atoms. The molecule has 3 heterocycles. The fourth-order valence-electron chi connectivity index (χ4n) is 5.38. The number of hydrogen-bond donors (Lipinski definition) is 3. The van der Waals surface area contributed by atoms with Gasteiger partial charge in [0.1, 0.15) is 29.0 Å². The summed E-state index contributed by atoms with van der Waals surface area (Å²) in [5, 5.41) is 10.1. The zero-order chi connectivity index (χ0) is 27.4. The van der Waals surface area contributed by atoms with E-state index in [0.29, 0.717) is 34.6 Å². The lowest BCUT2D eigenvalue weighted by Gasteiger charge is -2.32. The lowest BCUT2D eigenvalue weighted by atomic mass is 9.96. The summed E-state index contributed by atoms with van der Waals surface area (Å²) in [6.07, 6.45) is 8.17. The van der Waals surface area contributed by atoms with Crippen molar-refractivity contribution in [3.63, 3.8) is 0 Å². The molecule has 3 atom stereocenters. The molecule has 11 heteroatoms. The van der Waals surface area contributed by atoms with Crippen molar-refractivity contribution in [2.75, 3.05) is 18.9 Å². The fraction of sp³-hybridized carbons (Fsp3) is 0.464. The van der Waals surface area contributed by atoms with Gasteiger partial charge in [-0.2, -0.15) is 0 Å². The van der Waals surface area contributed by atoms with Crippen LogP contribution in [0.25, 0.3) is 22.2 Å². The van der Waals surface area contributed by atoms with E-state index >= 15 is 0 Å². The second kappa shape index (κ2) is 12.1. The average molecular weight is 551 g/mol. The standard InChI is InChI=1S/C28H34N6O4S/c1-17(29-2)23(35)31-22(19-11-6-7-12-19)28(37)34-15-8-13-20(34)24(36)33-26-21(18-9-4-3-5-10-18)32-27(39-26)25-30-14-16-38-25/h3-5,9-10,14,16-17,19-20,22,29H,6-8,11-13,15H2,1-2H3,(H,31,35)(H,33,36)/t17-,20-,22-/m0/s1. The van der Waals surface area contributed by atoms with Crippen LogP contribution in [0, 0.1) is 5.92 Å². The summed E-state index contributed by atoms with van der Waals surface area (Å²) in [4.78, 5) is 50.9. The van der Waals surface area contributed by atoms with Gasteiger partial charge in [-0.25, -0.2) is 9.97 Å². The van der Waals surface area contributed by atoms with Gasteiger partial charge in [-0.3, -0.25) is 14.4 Å². The van der Waals surface area contributed by atoms with E-state index in [0.717, 1.165) is 37.7 Å². The number of aromatic nitrogens is 2. The van der Waals surface area contributed by atoms with Crippen LogP contribution in [0.5, 0.6) is 0 Å². The largest absolute Gasteiger partial charge is 0.443 e. The van der Waals surface area contributed by atoms with E-state index in [1.165, 1.54) is 17.6 Å². The Labute approximate surface area is 231 Å². The molecule has 2 aromatic heterocycles. The second-order valence-corrected chi connectivity index (χ2v) is 11.1. The molecule has 3 aromatic rings. The number of amides is 3. The molecule has 1 aromatic carbocycles. The van der Waals surface area contributed by atoms with Gasteiger partial charge < -0.3 is 25.3 Å². The number of likely N-dealkylation sites (N-methyl/N-ethyl adjacent to an activating group) is 1. The lowest BCUT2D eigenvalue weighted by Crippen LogP contribution is -2.57. The SMILES string of the molecule is CN[C@@H](C)C(=O)N[C@H](C(=O)N1CCC[C@H]1C(=O)Nc1sc(-c2ncco2)nc1-c1ccccc1)C1CCCC1. The topological polar surface area (TPSA) is 129 Å². The van der Waals surface area contributed by atoms with Gasteiger partial charge in [-0.1, -0.05) is 54.5 Å². The number of nitrogens with one attached hydrogen (secondary N) is 3. The molecular weight excluding hydrogens is 516 g/mol. The Hall–Kier alpha value is -3.57. The van der Waals surface area contributed by atoms with Crippen LogP contribution in [-0.4, -0.2) is 64.3 Å². The molecule has 3 amide bonds. The van der Waals surface area contributed by atoms with Crippen LogP contribution in [0.4, 0.5) is 5.00 Å². The van der Waals surface area contributed by atoms with E-state index in [4.69, 9.17) is 9.40 Å². The number of anilines is 1. The van der Waals surface area contributed by atoms with E-state index in [-0.39, 0.29) is 23.6 Å². The molecule has 0 bridgehead atoms. The van der Waals surface area contributed by atoms with Crippen LogP contribution in [0.15, 0.2) is 47.2 Å². The summed E-state index contributed by atoms with van der Waals surface area (Å²) < 4.78 is 5.44. The van der Waals surface area contributed by atoms with Crippen LogP contribution in [-0.2, 0) is 14.4 Å². The molecule has 2 aliphatic rings. The number of nitrogens with zero attached hydrogens (tertiary/aromatic N) is 3. The maximum absolute atomic E-state index is 13.9. The van der Waals surface area contributed by atoms with Crippen LogP contribution in [0.1, 0.15) is 45.4 Å². The average Bonchev–Trinajstić information content (AvgIpc) is 3.77. The Bertz CT molecular complexity index is 1290. The van der Waals surface area contributed by atoms with E-state index in [1.54, 1.807) is 25.1 Å². The molecule has 39 heavy (non-hydrogen) atoms. The Morgan fingerprint density at radius 2 is 1.87 bits per heavy atom. The van der Waals surface area contributed by atoms with Crippen LogP contribution >= 0.6 is 11.3 Å². The number of benzene rings is 1. The molecule has 1 saturated carbocycles. The van der Waals surface area contributed by atoms with Gasteiger partial charge in [0.05, 0.1) is 12.2 Å². The molecule has 1 saturated heterocycles. The molecule has 206 valence electrons. The predicted octanol–water partition coefficient (Wildman–Crippen LogP) is 3.68. The van der Waals surface area contributed by atoms with Crippen LogP contribution in [0.2, 0.25) is 0 Å². The Kier molecular flexibility index (Phi) is 8.37. The zero-order valence-corrected chi connectivity index (χ0v) is 23.0. The highest BCUT2D eigenvalue weighted by Crippen LogP contribution is 2.38. The smallest absolute Gasteiger partial charge is 0.255 e. The zero-order valence-electron chi connectivity index (χ0n) is 22.2. The third kappa shape index (κ3) is 5.89. The molecule has 2 fully saturated rings. The monoisotopic (exact) mass is 550 g/mol. The maximum atomic E-state index is 13.9. The second-order valence-electron chi connectivity index (χ2n) is 10.1. The summed E-state index contributed by atoms with van der Waals surface area (Å²) in [7, 11) is 1.72.